The molecule has 0 spiro atoms. The van der Waals surface area contributed by atoms with Gasteiger partial charge in [-0.15, -0.1) is 0 Å². The van der Waals surface area contributed by atoms with Crippen LogP contribution in [0.15, 0.2) is 0 Å². The molecule has 5 heteroatoms. The van der Waals surface area contributed by atoms with E-state index in [-0.39, 0.29) is 11.7 Å². The summed E-state index contributed by atoms with van der Waals surface area (Å²) in [4.78, 5) is 17.5. The van der Waals surface area contributed by atoms with Crippen molar-refractivity contribution in [1.82, 2.24) is 4.73 Å². The average Bonchev–Trinajstić information content (AvgIpc) is 1.94. The van der Waals surface area contributed by atoms with Crippen LogP contribution >= 0.6 is 0 Å². The predicted octanol–water partition coefficient (Wildman–Crippen LogP) is 2.94. The third-order valence-electron chi connectivity index (χ3n) is 1.41. The third-order valence-corrected chi connectivity index (χ3v) is 2.67. The summed E-state index contributed by atoms with van der Waals surface area (Å²) in [5.74, 6) is 0. The van der Waals surface area contributed by atoms with E-state index >= 15 is 0 Å². The van der Waals surface area contributed by atoms with Crippen LogP contribution in [0.25, 0.3) is 0 Å². The van der Waals surface area contributed by atoms with Crippen molar-refractivity contribution in [2.45, 2.75) is 65.8 Å². The molecular formula is C11H25NO3Si. The molecule has 0 saturated heterocycles. The smallest absolute Gasteiger partial charge is 0.425 e. The van der Waals surface area contributed by atoms with Gasteiger partial charge in [0.1, 0.15) is 5.60 Å². The number of hydrogen-bond acceptors (Lipinski definition) is 3. The lowest BCUT2D eigenvalue weighted by molar-refractivity contribution is -0.165. The van der Waals surface area contributed by atoms with Gasteiger partial charge < -0.3 is 4.74 Å². The number of amides is 1. The highest BCUT2D eigenvalue weighted by Gasteiger charge is 2.29. The minimum absolute atomic E-state index is 0.381. The minimum atomic E-state index is -1.40. The first kappa shape index (κ1) is 15.4. The summed E-state index contributed by atoms with van der Waals surface area (Å²) in [6, 6.07) is 0. The van der Waals surface area contributed by atoms with E-state index in [2.05, 4.69) is 0 Å². The van der Waals surface area contributed by atoms with Gasteiger partial charge in [-0.25, -0.2) is 9.52 Å². The molecular weight excluding hydrogens is 222 g/mol. The first-order chi connectivity index (χ1) is 6.92. The van der Waals surface area contributed by atoms with Gasteiger partial charge >= 0.3 is 6.09 Å². The highest BCUT2D eigenvalue weighted by molar-refractivity contribution is 6.54. The summed E-state index contributed by atoms with van der Waals surface area (Å²) in [5.41, 5.74) is -0.867. The lowest BCUT2D eigenvalue weighted by Crippen LogP contribution is -2.47. The van der Waals surface area contributed by atoms with Crippen molar-refractivity contribution in [2.24, 2.45) is 0 Å². The van der Waals surface area contributed by atoms with Gasteiger partial charge in [0, 0.05) is 0 Å². The van der Waals surface area contributed by atoms with Gasteiger partial charge in [0.15, 0.2) is 8.96 Å². The fraction of sp³-hybridized carbons (Fsp3) is 0.909. The highest BCUT2D eigenvalue weighted by atomic mass is 28.3. The Bertz CT molecular complexity index is 241. The second-order valence-corrected chi connectivity index (χ2v) is 8.76. The largest absolute Gasteiger partial charge is 0.443 e. The van der Waals surface area contributed by atoms with Crippen molar-refractivity contribution in [3.63, 3.8) is 0 Å². The molecule has 0 unspecified atom stereocenters. The molecule has 0 aromatic heterocycles. The van der Waals surface area contributed by atoms with Crippen molar-refractivity contribution < 1.29 is 14.4 Å². The SMILES string of the molecule is C[SiH](C)N(OC(C)(C)C)C(=O)OC(C)(C)C. The van der Waals surface area contributed by atoms with E-state index in [1.165, 1.54) is 4.73 Å². The van der Waals surface area contributed by atoms with Gasteiger partial charge in [-0.05, 0) is 41.5 Å². The van der Waals surface area contributed by atoms with Crippen molar-refractivity contribution in [2.75, 3.05) is 0 Å². The van der Waals surface area contributed by atoms with Crippen LogP contribution in [0.1, 0.15) is 41.5 Å². The summed E-state index contributed by atoms with van der Waals surface area (Å²) in [7, 11) is -1.40. The maximum atomic E-state index is 11.9. The molecule has 0 rings (SSSR count). The number of ether oxygens (including phenoxy) is 1. The van der Waals surface area contributed by atoms with Crippen molar-refractivity contribution in [3.8, 4) is 0 Å². The Labute approximate surface area is 101 Å². The van der Waals surface area contributed by atoms with Gasteiger partial charge in [0.2, 0.25) is 0 Å². The van der Waals surface area contributed by atoms with Crippen LogP contribution in [0, 0.1) is 0 Å². The Hall–Kier alpha value is -0.553. The Morgan fingerprint density at radius 2 is 1.44 bits per heavy atom. The zero-order chi connectivity index (χ0) is 13.1. The Morgan fingerprint density at radius 3 is 1.69 bits per heavy atom. The van der Waals surface area contributed by atoms with Crippen molar-refractivity contribution in [1.29, 1.82) is 0 Å². The van der Waals surface area contributed by atoms with Crippen LogP contribution in [0.2, 0.25) is 13.1 Å². The van der Waals surface area contributed by atoms with Gasteiger partial charge in [-0.2, -0.15) is 0 Å². The van der Waals surface area contributed by atoms with E-state index in [4.69, 9.17) is 9.57 Å². The molecule has 0 aromatic rings. The maximum absolute atomic E-state index is 11.9. The highest BCUT2D eigenvalue weighted by Crippen LogP contribution is 2.16. The molecule has 0 N–H and O–H groups in total. The topological polar surface area (TPSA) is 38.8 Å². The van der Waals surface area contributed by atoms with Gasteiger partial charge in [-0.3, -0.25) is 4.84 Å². The van der Waals surface area contributed by atoms with Crippen molar-refractivity contribution >= 4 is 15.1 Å². The minimum Gasteiger partial charge on any atom is -0.443 e. The standard InChI is InChI=1S/C11H25NO3Si/c1-10(2,3)14-9(13)12(16(7)8)15-11(4,5)6/h16H,1-8H3. The molecule has 0 aromatic carbocycles. The molecule has 0 bridgehead atoms. The number of nitrogens with zero attached hydrogens (tertiary/aromatic N) is 1. The summed E-state index contributed by atoms with van der Waals surface area (Å²) in [6.45, 7) is 15.3. The lowest BCUT2D eigenvalue weighted by Gasteiger charge is -2.33. The summed E-state index contributed by atoms with van der Waals surface area (Å²) in [6.07, 6.45) is -0.385. The van der Waals surface area contributed by atoms with Crippen LogP contribution in [0.3, 0.4) is 0 Å². The van der Waals surface area contributed by atoms with E-state index in [0.29, 0.717) is 0 Å². The van der Waals surface area contributed by atoms with Crippen molar-refractivity contribution in [3.05, 3.63) is 0 Å². The van der Waals surface area contributed by atoms with Crippen LogP contribution in [-0.4, -0.2) is 31.0 Å². The summed E-state index contributed by atoms with van der Waals surface area (Å²) < 4.78 is 6.73. The maximum Gasteiger partial charge on any atom is 0.425 e. The summed E-state index contributed by atoms with van der Waals surface area (Å²) >= 11 is 0. The Balaban J connectivity index is 4.62. The van der Waals surface area contributed by atoms with E-state index in [1.807, 2.05) is 54.6 Å². The normalized spacial score (nSPS) is 12.8. The zero-order valence-corrected chi connectivity index (χ0v) is 12.9. The Morgan fingerprint density at radius 1 is 1.00 bits per heavy atom. The van der Waals surface area contributed by atoms with E-state index in [0.717, 1.165) is 0 Å². The molecule has 0 heterocycles. The monoisotopic (exact) mass is 247 g/mol. The van der Waals surface area contributed by atoms with Crippen LogP contribution in [-0.2, 0) is 9.57 Å². The molecule has 0 atom stereocenters. The fourth-order valence-electron chi connectivity index (χ4n) is 0.955. The molecule has 1 amide bonds. The number of hydroxylamine groups is 1. The number of rotatable bonds is 2. The molecule has 0 aliphatic rings. The lowest BCUT2D eigenvalue weighted by atomic mass is 10.2. The Kier molecular flexibility index (Phi) is 5.01. The molecule has 0 fully saturated rings. The summed E-state index contributed by atoms with van der Waals surface area (Å²) in [5, 5.41) is 0. The van der Waals surface area contributed by atoms with Gasteiger partial charge in [-0.1, -0.05) is 13.1 Å². The third kappa shape index (κ3) is 6.84. The predicted molar refractivity (Wildman–Crippen MR) is 67.8 cm³/mol. The molecule has 0 aliphatic heterocycles. The van der Waals surface area contributed by atoms with Gasteiger partial charge in [0.05, 0.1) is 5.60 Å². The molecule has 0 radical (unpaired) electrons. The average molecular weight is 247 g/mol. The first-order valence-electron chi connectivity index (χ1n) is 5.64. The number of carbonyl (C=O) groups is 1. The second-order valence-electron chi connectivity index (χ2n) is 6.10. The zero-order valence-electron chi connectivity index (χ0n) is 11.7. The number of carbonyl (C=O) groups excluding carboxylic acids is 1. The molecule has 0 saturated carbocycles. The number of hydrogen-bond donors (Lipinski definition) is 0. The van der Waals surface area contributed by atoms with Gasteiger partial charge in [0.25, 0.3) is 0 Å². The van der Waals surface area contributed by atoms with E-state index in [9.17, 15) is 4.79 Å². The molecule has 16 heavy (non-hydrogen) atoms. The molecule has 96 valence electrons. The quantitative estimate of drug-likeness (QED) is 0.556. The van der Waals surface area contributed by atoms with Crippen LogP contribution in [0.4, 0.5) is 4.79 Å². The van der Waals surface area contributed by atoms with E-state index in [1.54, 1.807) is 0 Å². The molecule has 4 nitrogen and oxygen atoms in total. The van der Waals surface area contributed by atoms with Crippen LogP contribution in [0.5, 0.6) is 0 Å². The van der Waals surface area contributed by atoms with E-state index < -0.39 is 14.6 Å². The molecule has 0 aliphatic carbocycles. The fourth-order valence-corrected chi connectivity index (χ4v) is 1.96. The van der Waals surface area contributed by atoms with Crippen LogP contribution < -0.4 is 0 Å². The first-order valence-corrected chi connectivity index (χ1v) is 8.46. The second kappa shape index (κ2) is 5.18.